The van der Waals surface area contributed by atoms with Crippen LogP contribution < -0.4 is 5.32 Å². The maximum Gasteiger partial charge on any atom is 0.0534 e. The zero-order valence-electron chi connectivity index (χ0n) is 11.2. The first kappa shape index (κ1) is 12.6. The van der Waals surface area contributed by atoms with Crippen molar-refractivity contribution in [3.63, 3.8) is 0 Å². The first-order valence-corrected chi connectivity index (χ1v) is 6.60. The van der Waals surface area contributed by atoms with Crippen molar-refractivity contribution in [1.82, 2.24) is 20.0 Å². The number of aromatic nitrogens is 2. The summed E-state index contributed by atoms with van der Waals surface area (Å²) in [6.45, 7) is 5.73. The van der Waals surface area contributed by atoms with Gasteiger partial charge in [-0.2, -0.15) is 5.10 Å². The smallest absolute Gasteiger partial charge is 0.0534 e. The van der Waals surface area contributed by atoms with Crippen molar-refractivity contribution in [2.45, 2.75) is 32.4 Å². The minimum absolute atomic E-state index is 0.699. The van der Waals surface area contributed by atoms with Crippen molar-refractivity contribution in [3.8, 4) is 0 Å². The van der Waals surface area contributed by atoms with E-state index in [9.17, 15) is 0 Å². The normalized spacial score (nSPS) is 26.3. The third kappa shape index (κ3) is 3.07. The predicted molar refractivity (Wildman–Crippen MR) is 69.7 cm³/mol. The van der Waals surface area contributed by atoms with E-state index in [2.05, 4.69) is 35.5 Å². The summed E-state index contributed by atoms with van der Waals surface area (Å²) >= 11 is 0. The van der Waals surface area contributed by atoms with Gasteiger partial charge in [-0.1, -0.05) is 13.3 Å². The lowest BCUT2D eigenvalue weighted by Gasteiger charge is -2.38. The molecule has 4 nitrogen and oxygen atoms in total. The molecule has 0 bridgehead atoms. The van der Waals surface area contributed by atoms with Gasteiger partial charge < -0.3 is 5.32 Å². The first-order chi connectivity index (χ1) is 8.22. The average molecular weight is 236 g/mol. The van der Waals surface area contributed by atoms with Crippen molar-refractivity contribution in [2.24, 2.45) is 13.0 Å². The van der Waals surface area contributed by atoms with E-state index >= 15 is 0 Å². The molecular formula is C13H24N4. The molecule has 1 fully saturated rings. The first-order valence-electron chi connectivity index (χ1n) is 6.60. The van der Waals surface area contributed by atoms with Gasteiger partial charge in [-0.25, -0.2) is 0 Å². The van der Waals surface area contributed by atoms with Gasteiger partial charge in [0.25, 0.3) is 0 Å². The second-order valence-corrected chi connectivity index (χ2v) is 5.11. The SMILES string of the molecule is CCC1CN(Cc2cnn(C)c2)CCC1NC. The zero-order valence-corrected chi connectivity index (χ0v) is 11.2. The molecule has 1 N–H and O–H groups in total. The van der Waals surface area contributed by atoms with Crippen LogP contribution in [0.2, 0.25) is 0 Å². The molecule has 0 spiro atoms. The van der Waals surface area contributed by atoms with Gasteiger partial charge in [-0.3, -0.25) is 9.58 Å². The molecular weight excluding hydrogens is 212 g/mol. The maximum atomic E-state index is 4.23. The van der Waals surface area contributed by atoms with E-state index < -0.39 is 0 Å². The fourth-order valence-corrected chi connectivity index (χ4v) is 2.86. The van der Waals surface area contributed by atoms with Crippen LogP contribution in [0.25, 0.3) is 0 Å². The Hall–Kier alpha value is -0.870. The molecule has 17 heavy (non-hydrogen) atoms. The second-order valence-electron chi connectivity index (χ2n) is 5.11. The number of nitrogens with zero attached hydrogens (tertiary/aromatic N) is 3. The highest BCUT2D eigenvalue weighted by atomic mass is 15.2. The summed E-state index contributed by atoms with van der Waals surface area (Å²) in [5.74, 6) is 0.783. The molecule has 0 amide bonds. The van der Waals surface area contributed by atoms with Gasteiger partial charge in [0.05, 0.1) is 6.20 Å². The minimum atomic E-state index is 0.699. The Bertz CT molecular complexity index is 347. The number of aryl methyl sites for hydroxylation is 1. The molecule has 2 rings (SSSR count). The monoisotopic (exact) mass is 236 g/mol. The van der Waals surface area contributed by atoms with Crippen LogP contribution in [0.15, 0.2) is 12.4 Å². The Morgan fingerprint density at radius 1 is 1.53 bits per heavy atom. The number of nitrogens with one attached hydrogen (secondary N) is 1. The van der Waals surface area contributed by atoms with Gasteiger partial charge in [0.1, 0.15) is 0 Å². The van der Waals surface area contributed by atoms with Crippen molar-refractivity contribution in [3.05, 3.63) is 18.0 Å². The fraction of sp³-hybridized carbons (Fsp3) is 0.769. The van der Waals surface area contributed by atoms with E-state index in [0.29, 0.717) is 6.04 Å². The molecule has 1 aromatic rings. The second kappa shape index (κ2) is 5.65. The van der Waals surface area contributed by atoms with E-state index in [4.69, 9.17) is 0 Å². The number of hydrogen-bond acceptors (Lipinski definition) is 3. The third-order valence-corrected chi connectivity index (χ3v) is 3.88. The molecule has 0 aliphatic carbocycles. The standard InChI is InChI=1S/C13H24N4/c1-4-12-10-17(6-5-13(12)14-2)9-11-7-15-16(3)8-11/h7-8,12-14H,4-6,9-10H2,1-3H3. The van der Waals surface area contributed by atoms with E-state index in [1.54, 1.807) is 0 Å². The largest absolute Gasteiger partial charge is 0.317 e. The van der Waals surface area contributed by atoms with Gasteiger partial charge in [-0.05, 0) is 25.9 Å². The lowest BCUT2D eigenvalue weighted by molar-refractivity contribution is 0.132. The Morgan fingerprint density at radius 2 is 2.35 bits per heavy atom. The van der Waals surface area contributed by atoms with Gasteiger partial charge in [0.15, 0.2) is 0 Å². The van der Waals surface area contributed by atoms with Crippen LogP contribution in [-0.2, 0) is 13.6 Å². The van der Waals surface area contributed by atoms with E-state index in [-0.39, 0.29) is 0 Å². The quantitative estimate of drug-likeness (QED) is 0.854. The Kier molecular flexibility index (Phi) is 4.18. The van der Waals surface area contributed by atoms with Crippen molar-refractivity contribution in [2.75, 3.05) is 20.1 Å². The highest BCUT2D eigenvalue weighted by Gasteiger charge is 2.26. The Labute approximate surface area is 104 Å². The number of likely N-dealkylation sites (tertiary alicyclic amines) is 1. The lowest BCUT2D eigenvalue weighted by Crippen LogP contribution is -2.47. The van der Waals surface area contributed by atoms with Crippen LogP contribution in [-0.4, -0.2) is 40.9 Å². The number of piperidine rings is 1. The molecule has 2 unspecified atom stereocenters. The number of rotatable bonds is 4. The molecule has 1 aliphatic heterocycles. The molecule has 4 heteroatoms. The van der Waals surface area contributed by atoms with Gasteiger partial charge in [0.2, 0.25) is 0 Å². The maximum absolute atomic E-state index is 4.23. The summed E-state index contributed by atoms with van der Waals surface area (Å²) in [7, 11) is 4.07. The van der Waals surface area contributed by atoms with Crippen molar-refractivity contribution in [1.29, 1.82) is 0 Å². The molecule has 0 aromatic carbocycles. The van der Waals surface area contributed by atoms with Crippen LogP contribution in [0.1, 0.15) is 25.3 Å². The number of hydrogen-bond donors (Lipinski definition) is 1. The lowest BCUT2D eigenvalue weighted by atomic mass is 9.90. The predicted octanol–water partition coefficient (Wildman–Crippen LogP) is 1.24. The van der Waals surface area contributed by atoms with Crippen LogP contribution in [0.4, 0.5) is 0 Å². The van der Waals surface area contributed by atoms with Crippen LogP contribution >= 0.6 is 0 Å². The van der Waals surface area contributed by atoms with Crippen LogP contribution in [0.3, 0.4) is 0 Å². The zero-order chi connectivity index (χ0) is 12.3. The highest BCUT2D eigenvalue weighted by Crippen LogP contribution is 2.21. The molecule has 0 saturated carbocycles. The summed E-state index contributed by atoms with van der Waals surface area (Å²) in [5.41, 5.74) is 1.32. The van der Waals surface area contributed by atoms with Gasteiger partial charge >= 0.3 is 0 Å². The van der Waals surface area contributed by atoms with E-state index in [1.165, 1.54) is 31.5 Å². The molecule has 96 valence electrons. The molecule has 1 saturated heterocycles. The third-order valence-electron chi connectivity index (χ3n) is 3.88. The van der Waals surface area contributed by atoms with Crippen LogP contribution in [0, 0.1) is 5.92 Å². The highest BCUT2D eigenvalue weighted by molar-refractivity contribution is 5.03. The van der Waals surface area contributed by atoms with E-state index in [0.717, 1.165) is 12.5 Å². The molecule has 0 radical (unpaired) electrons. The Balaban J connectivity index is 1.91. The Morgan fingerprint density at radius 3 is 2.94 bits per heavy atom. The topological polar surface area (TPSA) is 33.1 Å². The molecule has 1 aromatic heterocycles. The molecule has 2 atom stereocenters. The van der Waals surface area contributed by atoms with Gasteiger partial charge in [-0.15, -0.1) is 0 Å². The summed E-state index contributed by atoms with van der Waals surface area (Å²) in [4.78, 5) is 2.55. The average Bonchev–Trinajstić information content (AvgIpc) is 2.74. The van der Waals surface area contributed by atoms with Gasteiger partial charge in [0, 0.05) is 37.9 Å². The minimum Gasteiger partial charge on any atom is -0.317 e. The summed E-state index contributed by atoms with van der Waals surface area (Å²) in [5, 5.41) is 7.68. The van der Waals surface area contributed by atoms with Crippen LogP contribution in [0.5, 0.6) is 0 Å². The van der Waals surface area contributed by atoms with Crippen molar-refractivity contribution < 1.29 is 0 Å². The fourth-order valence-electron chi connectivity index (χ4n) is 2.86. The van der Waals surface area contributed by atoms with Crippen molar-refractivity contribution >= 4 is 0 Å². The summed E-state index contributed by atoms with van der Waals surface area (Å²) < 4.78 is 1.88. The molecule has 1 aliphatic rings. The summed E-state index contributed by atoms with van der Waals surface area (Å²) in [6, 6.07) is 0.699. The molecule has 2 heterocycles. The summed E-state index contributed by atoms with van der Waals surface area (Å²) in [6.07, 6.45) is 6.61. The van der Waals surface area contributed by atoms with E-state index in [1.807, 2.05) is 17.9 Å².